The van der Waals surface area contributed by atoms with Crippen molar-refractivity contribution in [2.75, 3.05) is 20.8 Å². The van der Waals surface area contributed by atoms with Crippen molar-refractivity contribution in [3.05, 3.63) is 52.5 Å². The van der Waals surface area contributed by atoms with E-state index in [-0.39, 0.29) is 24.0 Å². The second-order valence-electron chi connectivity index (χ2n) is 7.32. The van der Waals surface area contributed by atoms with Crippen molar-refractivity contribution >= 4 is 35.9 Å². The molecule has 2 N–H and O–H groups in total. The van der Waals surface area contributed by atoms with Crippen LogP contribution >= 0.6 is 24.0 Å². The fourth-order valence-electron chi connectivity index (χ4n) is 2.95. The fourth-order valence-corrected chi connectivity index (χ4v) is 2.95. The number of carbonyl (C=O) groups is 1. The third kappa shape index (κ3) is 6.65. The van der Waals surface area contributed by atoms with Crippen LogP contribution in [-0.4, -0.2) is 32.7 Å². The molecule has 0 bridgehead atoms. The summed E-state index contributed by atoms with van der Waals surface area (Å²) in [4.78, 5) is 16.0. The monoisotopic (exact) mass is 527 g/mol. The molecule has 30 heavy (non-hydrogen) atoms. The van der Waals surface area contributed by atoms with E-state index in [2.05, 4.69) is 40.7 Å². The molecule has 1 aliphatic carbocycles. The van der Waals surface area contributed by atoms with Gasteiger partial charge in [-0.05, 0) is 50.3 Å². The second-order valence-corrected chi connectivity index (χ2v) is 7.32. The van der Waals surface area contributed by atoms with E-state index in [0.29, 0.717) is 42.1 Å². The van der Waals surface area contributed by atoms with Gasteiger partial charge in [0.25, 0.3) is 0 Å². The Labute approximate surface area is 194 Å². The highest BCUT2D eigenvalue weighted by Crippen LogP contribution is 2.30. The SMILES string of the molecule is CN=C(NCc1cc(C(=O)OC)c(C)o1)NCc1ccc(C)cc1OCC1CC1.I. The Morgan fingerprint density at radius 3 is 2.60 bits per heavy atom. The Balaban J connectivity index is 0.00000320. The zero-order valence-electron chi connectivity index (χ0n) is 17.9. The van der Waals surface area contributed by atoms with Crippen LogP contribution in [0.15, 0.2) is 33.7 Å². The maximum Gasteiger partial charge on any atom is 0.341 e. The molecule has 2 aromatic rings. The van der Waals surface area contributed by atoms with E-state index in [0.717, 1.165) is 17.9 Å². The molecule has 1 aliphatic rings. The quantitative estimate of drug-likeness (QED) is 0.234. The van der Waals surface area contributed by atoms with Crippen molar-refractivity contribution in [2.45, 2.75) is 39.8 Å². The number of nitrogens with zero attached hydrogens (tertiary/aromatic N) is 1. The van der Waals surface area contributed by atoms with Crippen LogP contribution in [0.2, 0.25) is 0 Å². The first-order chi connectivity index (χ1) is 14.0. The Morgan fingerprint density at radius 2 is 1.93 bits per heavy atom. The summed E-state index contributed by atoms with van der Waals surface area (Å²) in [5.41, 5.74) is 2.70. The number of ether oxygens (including phenoxy) is 2. The molecule has 3 rings (SSSR count). The molecule has 1 heterocycles. The molecule has 0 aliphatic heterocycles. The van der Waals surface area contributed by atoms with Crippen molar-refractivity contribution < 1.29 is 18.7 Å². The van der Waals surface area contributed by atoms with E-state index in [1.165, 1.54) is 25.5 Å². The summed E-state index contributed by atoms with van der Waals surface area (Å²) in [5, 5.41) is 6.50. The van der Waals surface area contributed by atoms with Crippen molar-refractivity contribution in [1.29, 1.82) is 0 Å². The first kappa shape index (κ1) is 24.0. The molecule has 1 aromatic heterocycles. The van der Waals surface area contributed by atoms with E-state index in [9.17, 15) is 4.79 Å². The molecule has 7 nitrogen and oxygen atoms in total. The van der Waals surface area contributed by atoms with E-state index < -0.39 is 5.97 Å². The van der Waals surface area contributed by atoms with Gasteiger partial charge in [-0.3, -0.25) is 4.99 Å². The maximum atomic E-state index is 11.7. The minimum absolute atomic E-state index is 0. The van der Waals surface area contributed by atoms with Gasteiger partial charge in [-0.25, -0.2) is 4.79 Å². The summed E-state index contributed by atoms with van der Waals surface area (Å²) < 4.78 is 16.4. The van der Waals surface area contributed by atoms with Crippen LogP contribution in [0.25, 0.3) is 0 Å². The summed E-state index contributed by atoms with van der Waals surface area (Å²) in [6, 6.07) is 7.92. The molecule has 0 radical (unpaired) electrons. The molecule has 0 amide bonds. The molecule has 164 valence electrons. The minimum Gasteiger partial charge on any atom is -0.493 e. The summed E-state index contributed by atoms with van der Waals surface area (Å²) in [5.74, 6) is 3.02. The number of halogens is 1. The van der Waals surface area contributed by atoms with Gasteiger partial charge >= 0.3 is 5.97 Å². The molecule has 0 unspecified atom stereocenters. The molecular formula is C22H30IN3O4. The van der Waals surface area contributed by atoms with Gasteiger partial charge in [0.2, 0.25) is 0 Å². The standard InChI is InChI=1S/C22H29N3O4.HI/c1-14-5-8-17(20(9-14)28-13-16-6-7-16)11-24-22(23-3)25-12-18-10-19(15(2)29-18)21(26)27-4;/h5,8-10,16H,6-7,11-13H2,1-4H3,(H2,23,24,25);1H. The molecule has 1 saturated carbocycles. The third-order valence-electron chi connectivity index (χ3n) is 4.87. The number of rotatable bonds is 8. The van der Waals surface area contributed by atoms with Crippen molar-refractivity contribution in [1.82, 2.24) is 10.6 Å². The van der Waals surface area contributed by atoms with Crippen molar-refractivity contribution in [3.63, 3.8) is 0 Å². The lowest BCUT2D eigenvalue weighted by Crippen LogP contribution is -2.36. The Morgan fingerprint density at radius 1 is 1.20 bits per heavy atom. The summed E-state index contributed by atoms with van der Waals surface area (Å²) in [6.07, 6.45) is 2.53. The Kier molecular flexibility index (Phi) is 9.01. The first-order valence-corrected chi connectivity index (χ1v) is 9.84. The predicted molar refractivity (Wildman–Crippen MR) is 127 cm³/mol. The number of nitrogens with one attached hydrogen (secondary N) is 2. The highest BCUT2D eigenvalue weighted by atomic mass is 127. The smallest absolute Gasteiger partial charge is 0.341 e. The van der Waals surface area contributed by atoms with Crippen LogP contribution in [0.4, 0.5) is 0 Å². The van der Waals surface area contributed by atoms with Gasteiger partial charge in [0.05, 0.1) is 20.3 Å². The van der Waals surface area contributed by atoms with Crippen LogP contribution in [0.3, 0.4) is 0 Å². The van der Waals surface area contributed by atoms with Gasteiger partial charge in [0.15, 0.2) is 5.96 Å². The van der Waals surface area contributed by atoms with Gasteiger partial charge in [-0.15, -0.1) is 24.0 Å². The van der Waals surface area contributed by atoms with Crippen LogP contribution < -0.4 is 15.4 Å². The highest BCUT2D eigenvalue weighted by Gasteiger charge is 2.22. The van der Waals surface area contributed by atoms with Gasteiger partial charge in [-0.1, -0.05) is 12.1 Å². The minimum atomic E-state index is -0.405. The lowest BCUT2D eigenvalue weighted by molar-refractivity contribution is 0.0599. The Hall–Kier alpha value is -2.23. The third-order valence-corrected chi connectivity index (χ3v) is 4.87. The highest BCUT2D eigenvalue weighted by molar-refractivity contribution is 14.0. The van der Waals surface area contributed by atoms with E-state index in [4.69, 9.17) is 13.9 Å². The molecule has 0 spiro atoms. The molecular weight excluding hydrogens is 497 g/mol. The topological polar surface area (TPSA) is 85.1 Å². The molecule has 0 atom stereocenters. The van der Waals surface area contributed by atoms with Gasteiger partial charge < -0.3 is 24.5 Å². The average molecular weight is 527 g/mol. The number of aryl methyl sites for hydroxylation is 2. The zero-order chi connectivity index (χ0) is 20.8. The number of carbonyl (C=O) groups excluding carboxylic acids is 1. The predicted octanol–water partition coefficient (Wildman–Crippen LogP) is 3.96. The molecule has 8 heteroatoms. The summed E-state index contributed by atoms with van der Waals surface area (Å²) >= 11 is 0. The lowest BCUT2D eigenvalue weighted by Gasteiger charge is -2.15. The first-order valence-electron chi connectivity index (χ1n) is 9.84. The summed E-state index contributed by atoms with van der Waals surface area (Å²) in [7, 11) is 3.06. The van der Waals surface area contributed by atoms with E-state index >= 15 is 0 Å². The summed E-state index contributed by atoms with van der Waals surface area (Å²) in [6.45, 7) is 5.57. The van der Waals surface area contributed by atoms with E-state index in [1.807, 2.05) is 0 Å². The number of furan rings is 1. The molecule has 0 saturated heterocycles. The Bertz CT molecular complexity index is 891. The number of hydrogen-bond acceptors (Lipinski definition) is 5. The second kappa shape index (κ2) is 11.2. The number of esters is 1. The molecule has 1 aromatic carbocycles. The largest absolute Gasteiger partial charge is 0.493 e. The van der Waals surface area contributed by atoms with Crippen LogP contribution in [-0.2, 0) is 17.8 Å². The van der Waals surface area contributed by atoms with Gasteiger partial charge in [-0.2, -0.15) is 0 Å². The van der Waals surface area contributed by atoms with Crippen molar-refractivity contribution in [3.8, 4) is 5.75 Å². The maximum absolute atomic E-state index is 11.7. The number of benzene rings is 1. The van der Waals surface area contributed by atoms with Crippen LogP contribution in [0.1, 0.15) is 45.8 Å². The lowest BCUT2D eigenvalue weighted by atomic mass is 10.1. The van der Waals surface area contributed by atoms with Gasteiger partial charge in [0, 0.05) is 19.2 Å². The van der Waals surface area contributed by atoms with Crippen LogP contribution in [0, 0.1) is 19.8 Å². The number of aliphatic imine (C=N–C) groups is 1. The number of guanidine groups is 1. The fraction of sp³-hybridized carbons (Fsp3) is 0.455. The van der Waals surface area contributed by atoms with E-state index in [1.54, 1.807) is 20.0 Å². The zero-order valence-corrected chi connectivity index (χ0v) is 20.2. The normalized spacial score (nSPS) is 13.4. The van der Waals surface area contributed by atoms with Crippen LogP contribution in [0.5, 0.6) is 5.75 Å². The number of methoxy groups -OCH3 is 1. The van der Waals surface area contributed by atoms with Crippen molar-refractivity contribution in [2.24, 2.45) is 10.9 Å². The molecule has 1 fully saturated rings. The van der Waals surface area contributed by atoms with Gasteiger partial charge in [0.1, 0.15) is 22.8 Å². The number of hydrogen-bond donors (Lipinski definition) is 2. The average Bonchev–Trinajstić information content (AvgIpc) is 3.48.